The fourth-order valence-electron chi connectivity index (χ4n) is 3.05. The molecule has 28 heavy (non-hydrogen) atoms. The molecule has 0 saturated carbocycles. The second-order valence-corrected chi connectivity index (χ2v) is 6.76. The highest BCUT2D eigenvalue weighted by molar-refractivity contribution is 5.83. The van der Waals surface area contributed by atoms with Crippen LogP contribution >= 0.6 is 0 Å². The van der Waals surface area contributed by atoms with Crippen molar-refractivity contribution < 1.29 is 4.74 Å². The Hall–Kier alpha value is -3.02. The zero-order chi connectivity index (χ0) is 19.6. The van der Waals surface area contributed by atoms with Crippen molar-refractivity contribution in [1.82, 2.24) is 20.4 Å². The smallest absolute Gasteiger partial charge is 0.190 e. The lowest BCUT2D eigenvalue weighted by molar-refractivity contribution is 0.311. The number of nitrogens with zero attached hydrogens (tertiary/aromatic N) is 3. The van der Waals surface area contributed by atoms with Gasteiger partial charge in [0, 0.05) is 33.4 Å². The highest BCUT2D eigenvalue weighted by Crippen LogP contribution is 2.20. The van der Waals surface area contributed by atoms with Crippen LogP contribution in [-0.2, 0) is 13.5 Å². The van der Waals surface area contributed by atoms with Gasteiger partial charge in [0.2, 0.25) is 0 Å². The lowest BCUT2D eigenvalue weighted by atomic mass is 10.1. The summed E-state index contributed by atoms with van der Waals surface area (Å²) in [5, 5.41) is 13.3. The maximum Gasteiger partial charge on any atom is 0.190 e. The van der Waals surface area contributed by atoms with Crippen LogP contribution in [0, 0.1) is 0 Å². The van der Waals surface area contributed by atoms with E-state index in [1.165, 1.54) is 16.3 Å². The van der Waals surface area contributed by atoms with Crippen molar-refractivity contribution in [3.8, 4) is 5.75 Å². The van der Waals surface area contributed by atoms with Crippen LogP contribution in [0.1, 0.15) is 18.4 Å². The van der Waals surface area contributed by atoms with E-state index in [9.17, 15) is 0 Å². The van der Waals surface area contributed by atoms with E-state index in [0.29, 0.717) is 6.61 Å². The Kier molecular flexibility index (Phi) is 7.29. The fourth-order valence-corrected chi connectivity index (χ4v) is 3.05. The average Bonchev–Trinajstić information content (AvgIpc) is 3.14. The molecule has 0 radical (unpaired) electrons. The van der Waals surface area contributed by atoms with E-state index < -0.39 is 0 Å². The molecule has 0 aliphatic carbocycles. The zero-order valence-corrected chi connectivity index (χ0v) is 16.7. The molecule has 3 aromatic rings. The van der Waals surface area contributed by atoms with Crippen molar-refractivity contribution >= 4 is 16.7 Å². The fraction of sp³-hybridized carbons (Fsp3) is 0.364. The summed E-state index contributed by atoms with van der Waals surface area (Å²) in [6.07, 6.45) is 6.93. The quantitative estimate of drug-likeness (QED) is 0.341. The van der Waals surface area contributed by atoms with Crippen LogP contribution in [0.2, 0.25) is 0 Å². The van der Waals surface area contributed by atoms with Gasteiger partial charge < -0.3 is 15.4 Å². The van der Waals surface area contributed by atoms with E-state index in [0.717, 1.165) is 44.1 Å². The van der Waals surface area contributed by atoms with Gasteiger partial charge in [0.1, 0.15) is 5.75 Å². The Morgan fingerprint density at radius 1 is 1.07 bits per heavy atom. The van der Waals surface area contributed by atoms with Gasteiger partial charge in [-0.1, -0.05) is 30.3 Å². The molecular weight excluding hydrogens is 350 g/mol. The summed E-state index contributed by atoms with van der Waals surface area (Å²) in [6.45, 7) is 2.36. The van der Waals surface area contributed by atoms with Crippen LogP contribution in [0.5, 0.6) is 5.75 Å². The second kappa shape index (κ2) is 10.3. The first-order valence-corrected chi connectivity index (χ1v) is 9.78. The number of nitrogens with one attached hydrogen (secondary N) is 2. The zero-order valence-electron chi connectivity index (χ0n) is 16.7. The van der Waals surface area contributed by atoms with E-state index in [4.69, 9.17) is 4.74 Å². The number of aliphatic imine (C=N–C) groups is 1. The summed E-state index contributed by atoms with van der Waals surface area (Å²) in [7, 11) is 3.74. The molecule has 2 aromatic carbocycles. The van der Waals surface area contributed by atoms with E-state index in [1.807, 2.05) is 36.1 Å². The normalized spacial score (nSPS) is 11.6. The number of aromatic nitrogens is 2. The van der Waals surface area contributed by atoms with Gasteiger partial charge in [0.05, 0.1) is 12.8 Å². The van der Waals surface area contributed by atoms with Gasteiger partial charge in [-0.25, -0.2) is 0 Å². The minimum atomic E-state index is 0.670. The van der Waals surface area contributed by atoms with Gasteiger partial charge in [-0.05, 0) is 47.7 Å². The molecule has 3 rings (SSSR count). The number of aryl methyl sites for hydroxylation is 2. The minimum absolute atomic E-state index is 0.670. The average molecular weight is 380 g/mol. The molecule has 0 unspecified atom stereocenters. The lowest BCUT2D eigenvalue weighted by Crippen LogP contribution is -2.38. The summed E-state index contributed by atoms with van der Waals surface area (Å²) in [5.74, 6) is 1.74. The maximum atomic E-state index is 5.87. The van der Waals surface area contributed by atoms with Crippen molar-refractivity contribution in [3.05, 3.63) is 60.4 Å². The van der Waals surface area contributed by atoms with Crippen LogP contribution in [0.15, 0.2) is 59.9 Å². The summed E-state index contributed by atoms with van der Waals surface area (Å²) < 4.78 is 7.71. The van der Waals surface area contributed by atoms with Gasteiger partial charge in [-0.3, -0.25) is 9.67 Å². The van der Waals surface area contributed by atoms with Gasteiger partial charge >= 0.3 is 0 Å². The van der Waals surface area contributed by atoms with Crippen molar-refractivity contribution in [2.45, 2.75) is 19.3 Å². The summed E-state index contributed by atoms with van der Waals surface area (Å²) >= 11 is 0. The highest BCUT2D eigenvalue weighted by Gasteiger charge is 2.00. The molecule has 0 fully saturated rings. The Balaban J connectivity index is 1.29. The number of fused-ring (bicyclic) bond motifs is 1. The SMILES string of the molecule is CN=C(NCCCOc1ccc2ccccc2c1)NCCCc1cnn(C)c1. The second-order valence-electron chi connectivity index (χ2n) is 6.76. The molecule has 0 aliphatic heterocycles. The summed E-state index contributed by atoms with van der Waals surface area (Å²) in [5.41, 5.74) is 1.26. The predicted molar refractivity (Wildman–Crippen MR) is 115 cm³/mol. The molecule has 0 aliphatic rings. The van der Waals surface area contributed by atoms with Crippen LogP contribution in [0.3, 0.4) is 0 Å². The van der Waals surface area contributed by atoms with E-state index in [1.54, 1.807) is 7.05 Å². The molecule has 0 saturated heterocycles. The van der Waals surface area contributed by atoms with Crippen LogP contribution in [0.25, 0.3) is 10.8 Å². The first-order chi connectivity index (χ1) is 13.7. The third kappa shape index (κ3) is 6.01. The van der Waals surface area contributed by atoms with E-state index in [-0.39, 0.29) is 0 Å². The number of benzene rings is 2. The monoisotopic (exact) mass is 379 g/mol. The molecule has 2 N–H and O–H groups in total. The van der Waals surface area contributed by atoms with Crippen LogP contribution < -0.4 is 15.4 Å². The van der Waals surface area contributed by atoms with Crippen LogP contribution in [0.4, 0.5) is 0 Å². The Morgan fingerprint density at radius 3 is 2.61 bits per heavy atom. The van der Waals surface area contributed by atoms with Gasteiger partial charge in [0.25, 0.3) is 0 Å². The maximum absolute atomic E-state index is 5.87. The number of hydrogen-bond donors (Lipinski definition) is 2. The molecule has 1 heterocycles. The number of ether oxygens (including phenoxy) is 1. The Labute approximate surface area is 166 Å². The molecular formula is C22H29N5O. The molecule has 148 valence electrons. The Morgan fingerprint density at radius 2 is 1.86 bits per heavy atom. The highest BCUT2D eigenvalue weighted by atomic mass is 16.5. The van der Waals surface area contributed by atoms with Crippen LogP contribution in [-0.4, -0.2) is 42.5 Å². The van der Waals surface area contributed by atoms with Gasteiger partial charge in [-0.2, -0.15) is 5.10 Å². The third-order valence-corrected chi connectivity index (χ3v) is 4.52. The number of rotatable bonds is 9. The predicted octanol–water partition coefficient (Wildman–Crippen LogP) is 3.14. The van der Waals surface area contributed by atoms with Crippen molar-refractivity contribution in [1.29, 1.82) is 0 Å². The molecule has 0 spiro atoms. The third-order valence-electron chi connectivity index (χ3n) is 4.52. The van der Waals surface area contributed by atoms with Crippen molar-refractivity contribution in [2.75, 3.05) is 26.7 Å². The molecule has 6 nitrogen and oxygen atoms in total. The van der Waals surface area contributed by atoms with E-state index >= 15 is 0 Å². The van der Waals surface area contributed by atoms with E-state index in [2.05, 4.69) is 51.2 Å². The molecule has 1 aromatic heterocycles. The lowest BCUT2D eigenvalue weighted by Gasteiger charge is -2.12. The molecule has 0 amide bonds. The Bertz CT molecular complexity index is 903. The standard InChI is InChI=1S/C22H29N5O/c1-23-22(24-12-5-7-18-16-26-27(2)17-18)25-13-6-14-28-21-11-10-19-8-3-4-9-20(19)15-21/h3-4,8-11,15-17H,5-7,12-14H2,1-2H3,(H2,23,24,25). The summed E-state index contributed by atoms with van der Waals surface area (Å²) in [6, 6.07) is 14.5. The molecule has 6 heteroatoms. The largest absolute Gasteiger partial charge is 0.494 e. The molecule has 0 bridgehead atoms. The van der Waals surface area contributed by atoms with Crippen molar-refractivity contribution in [2.24, 2.45) is 12.0 Å². The number of guanidine groups is 1. The first kappa shape index (κ1) is 19.7. The topological polar surface area (TPSA) is 63.5 Å². The first-order valence-electron chi connectivity index (χ1n) is 9.78. The van der Waals surface area contributed by atoms with Crippen molar-refractivity contribution in [3.63, 3.8) is 0 Å². The van der Waals surface area contributed by atoms with Gasteiger partial charge in [-0.15, -0.1) is 0 Å². The minimum Gasteiger partial charge on any atom is -0.494 e. The molecule has 0 atom stereocenters. The summed E-state index contributed by atoms with van der Waals surface area (Å²) in [4.78, 5) is 4.26. The number of hydrogen-bond acceptors (Lipinski definition) is 3. The van der Waals surface area contributed by atoms with Gasteiger partial charge in [0.15, 0.2) is 5.96 Å².